The van der Waals surface area contributed by atoms with Gasteiger partial charge in [0, 0.05) is 32.9 Å². The maximum atomic E-state index is 6.01. The Labute approximate surface area is 114 Å². The second kappa shape index (κ2) is 6.36. The summed E-state index contributed by atoms with van der Waals surface area (Å²) in [6, 6.07) is 1.98. The van der Waals surface area contributed by atoms with Crippen LogP contribution < -0.4 is 10.6 Å². The lowest BCUT2D eigenvalue weighted by molar-refractivity contribution is 0.346. The SMILES string of the molecule is CN(CCN1CCCC1)c1cc(CN)c(Cl)cn1. The van der Waals surface area contributed by atoms with Gasteiger partial charge in [-0.2, -0.15) is 0 Å². The van der Waals surface area contributed by atoms with Crippen molar-refractivity contribution in [3.05, 3.63) is 22.8 Å². The zero-order valence-electron chi connectivity index (χ0n) is 10.9. The zero-order valence-corrected chi connectivity index (χ0v) is 11.7. The maximum Gasteiger partial charge on any atom is 0.128 e. The summed E-state index contributed by atoms with van der Waals surface area (Å²) in [6.07, 6.45) is 4.35. The van der Waals surface area contributed by atoms with Gasteiger partial charge >= 0.3 is 0 Å². The number of likely N-dealkylation sites (tertiary alicyclic amines) is 1. The van der Waals surface area contributed by atoms with E-state index in [0.717, 1.165) is 24.5 Å². The number of aromatic nitrogens is 1. The molecule has 5 heteroatoms. The van der Waals surface area contributed by atoms with Crippen LogP contribution in [0, 0.1) is 0 Å². The molecule has 1 fully saturated rings. The molecule has 0 radical (unpaired) electrons. The fourth-order valence-electron chi connectivity index (χ4n) is 2.25. The van der Waals surface area contributed by atoms with Crippen molar-refractivity contribution in [2.45, 2.75) is 19.4 Å². The topological polar surface area (TPSA) is 45.4 Å². The number of halogens is 1. The Hall–Kier alpha value is -0.840. The molecule has 2 heterocycles. The van der Waals surface area contributed by atoms with Crippen molar-refractivity contribution in [3.63, 3.8) is 0 Å². The molecule has 100 valence electrons. The number of nitrogens with zero attached hydrogens (tertiary/aromatic N) is 3. The number of hydrogen-bond donors (Lipinski definition) is 1. The molecule has 1 aromatic heterocycles. The molecule has 0 amide bonds. The molecule has 18 heavy (non-hydrogen) atoms. The highest BCUT2D eigenvalue weighted by Crippen LogP contribution is 2.19. The molecular formula is C13H21ClN4. The monoisotopic (exact) mass is 268 g/mol. The van der Waals surface area contributed by atoms with Crippen molar-refractivity contribution in [1.82, 2.24) is 9.88 Å². The van der Waals surface area contributed by atoms with Crippen LogP contribution in [0.15, 0.2) is 12.3 Å². The summed E-state index contributed by atoms with van der Waals surface area (Å²) in [5, 5.41) is 0.647. The third kappa shape index (κ3) is 3.34. The van der Waals surface area contributed by atoms with Crippen LogP contribution >= 0.6 is 11.6 Å². The molecule has 1 saturated heterocycles. The molecule has 0 aliphatic carbocycles. The summed E-state index contributed by atoms with van der Waals surface area (Å²) in [7, 11) is 2.06. The van der Waals surface area contributed by atoms with E-state index in [2.05, 4.69) is 21.8 Å². The number of rotatable bonds is 5. The quantitative estimate of drug-likeness (QED) is 0.883. The lowest BCUT2D eigenvalue weighted by Gasteiger charge is -2.22. The number of anilines is 1. The van der Waals surface area contributed by atoms with Crippen molar-refractivity contribution >= 4 is 17.4 Å². The van der Waals surface area contributed by atoms with Crippen molar-refractivity contribution in [2.75, 3.05) is 38.1 Å². The maximum absolute atomic E-state index is 6.01. The Morgan fingerprint density at radius 2 is 2.17 bits per heavy atom. The molecule has 0 bridgehead atoms. The van der Waals surface area contributed by atoms with Gasteiger partial charge in [-0.05, 0) is 37.6 Å². The summed E-state index contributed by atoms with van der Waals surface area (Å²) in [5.41, 5.74) is 6.61. The summed E-state index contributed by atoms with van der Waals surface area (Å²) < 4.78 is 0. The third-order valence-electron chi connectivity index (χ3n) is 3.48. The highest BCUT2D eigenvalue weighted by molar-refractivity contribution is 6.31. The minimum Gasteiger partial charge on any atom is -0.358 e. The van der Waals surface area contributed by atoms with Crippen LogP contribution in [0.25, 0.3) is 0 Å². The molecule has 0 spiro atoms. The van der Waals surface area contributed by atoms with Gasteiger partial charge in [0.1, 0.15) is 5.82 Å². The fourth-order valence-corrected chi connectivity index (χ4v) is 2.43. The molecule has 0 unspecified atom stereocenters. The van der Waals surface area contributed by atoms with Crippen LogP contribution in [-0.4, -0.2) is 43.1 Å². The summed E-state index contributed by atoms with van der Waals surface area (Å²) in [6.45, 7) is 5.00. The molecule has 0 atom stereocenters. The van der Waals surface area contributed by atoms with Gasteiger partial charge in [-0.1, -0.05) is 11.6 Å². The average molecular weight is 269 g/mol. The van der Waals surface area contributed by atoms with Gasteiger partial charge in [0.05, 0.1) is 5.02 Å². The van der Waals surface area contributed by atoms with E-state index >= 15 is 0 Å². The van der Waals surface area contributed by atoms with Gasteiger partial charge in [0.15, 0.2) is 0 Å². The van der Waals surface area contributed by atoms with E-state index in [4.69, 9.17) is 17.3 Å². The zero-order chi connectivity index (χ0) is 13.0. The van der Waals surface area contributed by atoms with Gasteiger partial charge < -0.3 is 15.5 Å². The Kier molecular flexibility index (Phi) is 4.80. The second-order valence-electron chi connectivity index (χ2n) is 4.81. The van der Waals surface area contributed by atoms with Crippen molar-refractivity contribution in [1.29, 1.82) is 0 Å². The Balaban J connectivity index is 1.93. The largest absolute Gasteiger partial charge is 0.358 e. The van der Waals surface area contributed by atoms with E-state index in [-0.39, 0.29) is 0 Å². The molecule has 2 rings (SSSR count). The first-order valence-electron chi connectivity index (χ1n) is 6.48. The predicted octanol–water partition coefficient (Wildman–Crippen LogP) is 1.73. The standard InChI is InChI=1S/C13H21ClN4/c1-17(6-7-18-4-2-3-5-18)13-8-11(9-15)12(14)10-16-13/h8,10H,2-7,9,15H2,1H3. The first-order valence-corrected chi connectivity index (χ1v) is 6.86. The van der Waals surface area contributed by atoms with E-state index in [1.54, 1.807) is 6.20 Å². The highest BCUT2D eigenvalue weighted by Gasteiger charge is 2.12. The van der Waals surface area contributed by atoms with Crippen LogP contribution in [0.2, 0.25) is 5.02 Å². The molecule has 4 nitrogen and oxygen atoms in total. The van der Waals surface area contributed by atoms with Gasteiger partial charge in [-0.25, -0.2) is 4.98 Å². The molecule has 1 aliphatic heterocycles. The first kappa shape index (κ1) is 13.6. The second-order valence-corrected chi connectivity index (χ2v) is 5.22. The first-order chi connectivity index (χ1) is 8.70. The fraction of sp³-hybridized carbons (Fsp3) is 0.615. The molecule has 0 saturated carbocycles. The van der Waals surface area contributed by atoms with E-state index in [9.17, 15) is 0 Å². The predicted molar refractivity (Wildman–Crippen MR) is 76.1 cm³/mol. The van der Waals surface area contributed by atoms with Crippen LogP contribution in [0.3, 0.4) is 0 Å². The Morgan fingerprint density at radius 1 is 1.44 bits per heavy atom. The van der Waals surface area contributed by atoms with E-state index < -0.39 is 0 Å². The molecule has 1 aromatic rings. The average Bonchev–Trinajstić information content (AvgIpc) is 2.89. The highest BCUT2D eigenvalue weighted by atomic mass is 35.5. The number of likely N-dealkylation sites (N-methyl/N-ethyl adjacent to an activating group) is 1. The lowest BCUT2D eigenvalue weighted by atomic mass is 10.2. The Morgan fingerprint density at radius 3 is 2.83 bits per heavy atom. The molecule has 0 aromatic carbocycles. The van der Waals surface area contributed by atoms with Gasteiger partial charge in [-0.3, -0.25) is 0 Å². The minimum absolute atomic E-state index is 0.453. The van der Waals surface area contributed by atoms with Crippen molar-refractivity contribution < 1.29 is 0 Å². The Bertz CT molecular complexity index is 391. The van der Waals surface area contributed by atoms with Crippen LogP contribution in [0.5, 0.6) is 0 Å². The number of nitrogens with two attached hydrogens (primary N) is 1. The van der Waals surface area contributed by atoms with Gasteiger partial charge in [-0.15, -0.1) is 0 Å². The summed E-state index contributed by atoms with van der Waals surface area (Å²) >= 11 is 6.01. The number of hydrogen-bond acceptors (Lipinski definition) is 4. The normalized spacial score (nSPS) is 16.2. The van der Waals surface area contributed by atoms with Gasteiger partial charge in [0.25, 0.3) is 0 Å². The molecule has 2 N–H and O–H groups in total. The molecule has 1 aliphatic rings. The van der Waals surface area contributed by atoms with Crippen LogP contribution in [0.1, 0.15) is 18.4 Å². The van der Waals surface area contributed by atoms with E-state index in [1.165, 1.54) is 25.9 Å². The summed E-state index contributed by atoms with van der Waals surface area (Å²) in [4.78, 5) is 9.01. The van der Waals surface area contributed by atoms with E-state index in [0.29, 0.717) is 11.6 Å². The van der Waals surface area contributed by atoms with Crippen molar-refractivity contribution in [3.8, 4) is 0 Å². The van der Waals surface area contributed by atoms with E-state index in [1.807, 2.05) is 6.07 Å². The smallest absolute Gasteiger partial charge is 0.128 e. The third-order valence-corrected chi connectivity index (χ3v) is 3.82. The lowest BCUT2D eigenvalue weighted by Crippen LogP contribution is -2.31. The minimum atomic E-state index is 0.453. The van der Waals surface area contributed by atoms with Crippen LogP contribution in [-0.2, 0) is 6.54 Å². The van der Waals surface area contributed by atoms with Crippen molar-refractivity contribution in [2.24, 2.45) is 5.73 Å². The van der Waals surface area contributed by atoms with Gasteiger partial charge in [0.2, 0.25) is 0 Å². The summed E-state index contributed by atoms with van der Waals surface area (Å²) in [5.74, 6) is 0.944. The molecular weight excluding hydrogens is 248 g/mol. The number of pyridine rings is 1. The van der Waals surface area contributed by atoms with Crippen LogP contribution in [0.4, 0.5) is 5.82 Å².